The van der Waals surface area contributed by atoms with Gasteiger partial charge < -0.3 is 9.80 Å². The van der Waals surface area contributed by atoms with Crippen molar-refractivity contribution in [1.82, 2.24) is 9.80 Å². The summed E-state index contributed by atoms with van der Waals surface area (Å²) in [7, 11) is 2.21. The van der Waals surface area contributed by atoms with Crippen molar-refractivity contribution in [3.8, 4) is 0 Å². The van der Waals surface area contributed by atoms with Crippen LogP contribution in [0.5, 0.6) is 0 Å². The fourth-order valence-electron chi connectivity index (χ4n) is 3.78. The van der Waals surface area contributed by atoms with Gasteiger partial charge in [0.1, 0.15) is 0 Å². The van der Waals surface area contributed by atoms with Gasteiger partial charge in [0, 0.05) is 17.2 Å². The monoisotopic (exact) mass is 312 g/mol. The molecule has 3 nitrogen and oxygen atoms in total. The third kappa shape index (κ3) is 3.95. The molecule has 1 atom stereocenters. The summed E-state index contributed by atoms with van der Waals surface area (Å²) in [6, 6.07) is 0. The highest BCUT2D eigenvalue weighted by molar-refractivity contribution is 8.01. The maximum atomic E-state index is 12.9. The van der Waals surface area contributed by atoms with E-state index >= 15 is 0 Å². The van der Waals surface area contributed by atoms with Gasteiger partial charge in [-0.2, -0.15) is 0 Å². The van der Waals surface area contributed by atoms with E-state index in [4.69, 9.17) is 0 Å². The predicted molar refractivity (Wildman–Crippen MR) is 91.5 cm³/mol. The molecular formula is C17H32N2OS. The minimum absolute atomic E-state index is 0.254. The van der Waals surface area contributed by atoms with Crippen LogP contribution in [0.3, 0.4) is 0 Å². The number of amides is 1. The Morgan fingerprint density at radius 2 is 1.81 bits per heavy atom. The van der Waals surface area contributed by atoms with Crippen LogP contribution in [-0.2, 0) is 4.79 Å². The largest absolute Gasteiger partial charge is 0.329 e. The molecule has 2 fully saturated rings. The van der Waals surface area contributed by atoms with Crippen molar-refractivity contribution < 1.29 is 4.79 Å². The molecule has 0 N–H and O–H groups in total. The van der Waals surface area contributed by atoms with E-state index in [1.54, 1.807) is 0 Å². The molecule has 1 amide bonds. The van der Waals surface area contributed by atoms with Gasteiger partial charge in [-0.3, -0.25) is 4.79 Å². The van der Waals surface area contributed by atoms with Crippen LogP contribution in [0.4, 0.5) is 0 Å². The molecule has 21 heavy (non-hydrogen) atoms. The molecule has 2 rings (SSSR count). The topological polar surface area (TPSA) is 23.6 Å². The lowest BCUT2D eigenvalue weighted by molar-refractivity contribution is -0.136. The lowest BCUT2D eigenvalue weighted by atomic mass is 9.93. The zero-order chi connectivity index (χ0) is 15.5. The average molecular weight is 313 g/mol. The fraction of sp³-hybridized carbons (Fsp3) is 0.941. The second-order valence-corrected chi connectivity index (χ2v) is 8.73. The smallest absolute Gasteiger partial charge is 0.226 e. The van der Waals surface area contributed by atoms with Crippen molar-refractivity contribution in [2.45, 2.75) is 69.4 Å². The first-order valence-corrected chi connectivity index (χ1v) is 9.56. The lowest BCUT2D eigenvalue weighted by Gasteiger charge is -2.36. The first-order chi connectivity index (χ1) is 10.0. The Kier molecular flexibility index (Phi) is 6.01. The zero-order valence-electron chi connectivity index (χ0n) is 14.2. The molecule has 1 unspecified atom stereocenters. The van der Waals surface area contributed by atoms with Crippen LogP contribution < -0.4 is 0 Å². The van der Waals surface area contributed by atoms with Crippen LogP contribution in [0.2, 0.25) is 0 Å². The van der Waals surface area contributed by atoms with Gasteiger partial charge in [0.05, 0.1) is 5.37 Å². The Balaban J connectivity index is 2.01. The Labute approximate surface area is 134 Å². The number of carbonyl (C=O) groups is 1. The van der Waals surface area contributed by atoms with Crippen LogP contribution in [0.1, 0.15) is 59.3 Å². The zero-order valence-corrected chi connectivity index (χ0v) is 15.0. The Morgan fingerprint density at radius 3 is 2.33 bits per heavy atom. The average Bonchev–Trinajstić information content (AvgIpc) is 2.78. The number of hydrogen-bond acceptors (Lipinski definition) is 3. The standard InChI is InChI=1S/C17H32N2OS/c1-5-7-15(8-6-2)16(20)19-13-17(21-14(19)3)9-11-18(4)12-10-17/h14-15H,5-13H2,1-4H3. The van der Waals surface area contributed by atoms with Gasteiger partial charge >= 0.3 is 0 Å². The van der Waals surface area contributed by atoms with Gasteiger partial charge in [0.2, 0.25) is 5.91 Å². The van der Waals surface area contributed by atoms with Crippen molar-refractivity contribution in [1.29, 1.82) is 0 Å². The minimum atomic E-state index is 0.254. The quantitative estimate of drug-likeness (QED) is 0.775. The summed E-state index contributed by atoms with van der Waals surface area (Å²) >= 11 is 2.06. The second kappa shape index (κ2) is 7.36. The van der Waals surface area contributed by atoms with Gasteiger partial charge in [-0.15, -0.1) is 11.8 Å². The SMILES string of the molecule is CCCC(CCC)C(=O)N1CC2(CCN(C)CC2)SC1C. The number of rotatable bonds is 5. The molecule has 4 heteroatoms. The van der Waals surface area contributed by atoms with E-state index in [2.05, 4.69) is 49.4 Å². The maximum Gasteiger partial charge on any atom is 0.226 e. The maximum absolute atomic E-state index is 12.9. The number of nitrogens with zero attached hydrogens (tertiary/aromatic N) is 2. The van der Waals surface area contributed by atoms with E-state index in [1.165, 1.54) is 25.9 Å². The van der Waals surface area contributed by atoms with E-state index in [0.29, 0.717) is 16.0 Å². The molecular weight excluding hydrogens is 280 g/mol. The van der Waals surface area contributed by atoms with E-state index < -0.39 is 0 Å². The van der Waals surface area contributed by atoms with Gasteiger partial charge in [-0.25, -0.2) is 0 Å². The molecule has 2 heterocycles. The molecule has 0 bridgehead atoms. The molecule has 0 radical (unpaired) electrons. The third-order valence-electron chi connectivity index (χ3n) is 5.12. The number of likely N-dealkylation sites (tertiary alicyclic amines) is 1. The summed E-state index contributed by atoms with van der Waals surface area (Å²) < 4.78 is 0.338. The Hall–Kier alpha value is -0.220. The van der Waals surface area contributed by atoms with Crippen molar-refractivity contribution in [3.63, 3.8) is 0 Å². The summed E-state index contributed by atoms with van der Waals surface area (Å²) in [6.45, 7) is 9.94. The minimum Gasteiger partial charge on any atom is -0.329 e. The van der Waals surface area contributed by atoms with Gasteiger partial charge in [0.15, 0.2) is 0 Å². The van der Waals surface area contributed by atoms with Crippen molar-refractivity contribution in [2.75, 3.05) is 26.7 Å². The van der Waals surface area contributed by atoms with Gasteiger partial charge in [0.25, 0.3) is 0 Å². The molecule has 0 aromatic heterocycles. The molecule has 0 aliphatic carbocycles. The van der Waals surface area contributed by atoms with Crippen LogP contribution in [0.15, 0.2) is 0 Å². The van der Waals surface area contributed by atoms with E-state index in [0.717, 1.165) is 32.2 Å². The van der Waals surface area contributed by atoms with Crippen molar-refractivity contribution >= 4 is 17.7 Å². The van der Waals surface area contributed by atoms with Crippen LogP contribution in [0, 0.1) is 5.92 Å². The summed E-state index contributed by atoms with van der Waals surface area (Å²) in [5, 5.41) is 0.358. The molecule has 122 valence electrons. The molecule has 0 saturated carbocycles. The number of hydrogen-bond donors (Lipinski definition) is 0. The van der Waals surface area contributed by atoms with Gasteiger partial charge in [-0.05, 0) is 52.7 Å². The molecule has 2 aliphatic heterocycles. The van der Waals surface area contributed by atoms with E-state index in [-0.39, 0.29) is 5.92 Å². The number of thioether (sulfide) groups is 1. The fourth-order valence-corrected chi connectivity index (χ4v) is 5.44. The van der Waals surface area contributed by atoms with E-state index in [1.807, 2.05) is 0 Å². The Morgan fingerprint density at radius 1 is 1.24 bits per heavy atom. The summed E-state index contributed by atoms with van der Waals surface area (Å²) in [4.78, 5) is 17.5. The molecule has 1 spiro atoms. The van der Waals surface area contributed by atoms with Crippen LogP contribution >= 0.6 is 11.8 Å². The van der Waals surface area contributed by atoms with E-state index in [9.17, 15) is 4.79 Å². The third-order valence-corrected chi connectivity index (χ3v) is 6.76. The highest BCUT2D eigenvalue weighted by atomic mass is 32.2. The first kappa shape index (κ1) is 17.1. The van der Waals surface area contributed by atoms with Crippen LogP contribution in [-0.4, -0.2) is 52.5 Å². The number of piperidine rings is 1. The van der Waals surface area contributed by atoms with Crippen molar-refractivity contribution in [3.05, 3.63) is 0 Å². The highest BCUT2D eigenvalue weighted by Crippen LogP contribution is 2.46. The summed E-state index contributed by atoms with van der Waals surface area (Å²) in [5.74, 6) is 0.680. The molecule has 2 saturated heterocycles. The number of carbonyl (C=O) groups excluding carboxylic acids is 1. The molecule has 2 aliphatic rings. The van der Waals surface area contributed by atoms with Crippen molar-refractivity contribution in [2.24, 2.45) is 5.92 Å². The second-order valence-electron chi connectivity index (χ2n) is 6.94. The summed E-state index contributed by atoms with van der Waals surface area (Å²) in [5.41, 5.74) is 0. The lowest BCUT2D eigenvalue weighted by Crippen LogP contribution is -2.45. The molecule has 0 aromatic rings. The summed E-state index contributed by atoms with van der Waals surface area (Å²) in [6.07, 6.45) is 6.79. The van der Waals surface area contributed by atoms with Crippen LogP contribution in [0.25, 0.3) is 0 Å². The molecule has 0 aromatic carbocycles. The first-order valence-electron chi connectivity index (χ1n) is 8.68. The Bertz CT molecular complexity index is 347. The highest BCUT2D eigenvalue weighted by Gasteiger charge is 2.46. The predicted octanol–water partition coefficient (Wildman–Crippen LogP) is 3.59. The normalized spacial score (nSPS) is 26.0. The van der Waals surface area contributed by atoms with Gasteiger partial charge in [-0.1, -0.05) is 26.7 Å².